The lowest BCUT2D eigenvalue weighted by Gasteiger charge is -2.31. The molecule has 0 spiro atoms. The molecule has 0 fully saturated rings. The van der Waals surface area contributed by atoms with Crippen molar-refractivity contribution in [1.82, 2.24) is 0 Å². The van der Waals surface area contributed by atoms with Gasteiger partial charge < -0.3 is 15.4 Å². The van der Waals surface area contributed by atoms with Crippen molar-refractivity contribution in [2.45, 2.75) is 32.7 Å². The van der Waals surface area contributed by atoms with Gasteiger partial charge in [0.05, 0.1) is 12.3 Å². The standard InChI is InChI=1S/C15H25BrN2O/c1-4-12(2)18(9-10-19-3)15-6-5-13(7-8-17)11-14(15)16/h5-6,11-12H,4,7-10,17H2,1-3H3. The van der Waals surface area contributed by atoms with E-state index in [4.69, 9.17) is 10.5 Å². The van der Waals surface area contributed by atoms with Crippen molar-refractivity contribution in [3.8, 4) is 0 Å². The van der Waals surface area contributed by atoms with E-state index in [9.17, 15) is 0 Å². The van der Waals surface area contributed by atoms with Crippen molar-refractivity contribution in [3.05, 3.63) is 28.2 Å². The van der Waals surface area contributed by atoms with Crippen molar-refractivity contribution >= 4 is 21.6 Å². The van der Waals surface area contributed by atoms with Gasteiger partial charge in [0.15, 0.2) is 0 Å². The van der Waals surface area contributed by atoms with Gasteiger partial charge in [-0.3, -0.25) is 0 Å². The van der Waals surface area contributed by atoms with Gasteiger partial charge in [0, 0.05) is 24.2 Å². The Kier molecular flexibility index (Phi) is 7.42. The quantitative estimate of drug-likeness (QED) is 0.796. The second-order valence-electron chi connectivity index (χ2n) is 4.77. The van der Waals surface area contributed by atoms with Gasteiger partial charge >= 0.3 is 0 Å². The summed E-state index contributed by atoms with van der Waals surface area (Å²) in [6.07, 6.45) is 2.03. The lowest BCUT2D eigenvalue weighted by atomic mass is 10.1. The Balaban J connectivity index is 2.94. The van der Waals surface area contributed by atoms with Crippen LogP contribution in [-0.4, -0.2) is 32.8 Å². The first-order valence-corrected chi connectivity index (χ1v) is 7.67. The molecule has 4 heteroatoms. The van der Waals surface area contributed by atoms with Crippen LogP contribution in [-0.2, 0) is 11.2 Å². The molecule has 0 saturated carbocycles. The van der Waals surface area contributed by atoms with E-state index in [1.54, 1.807) is 7.11 Å². The number of nitrogens with two attached hydrogens (primary N) is 1. The molecule has 0 aliphatic carbocycles. The lowest BCUT2D eigenvalue weighted by molar-refractivity contribution is 0.203. The molecule has 1 atom stereocenters. The molecular formula is C15H25BrN2O. The van der Waals surface area contributed by atoms with E-state index in [0.29, 0.717) is 12.6 Å². The fourth-order valence-corrected chi connectivity index (χ4v) is 2.75. The number of hydrogen-bond acceptors (Lipinski definition) is 3. The number of rotatable bonds is 8. The topological polar surface area (TPSA) is 38.5 Å². The molecule has 0 bridgehead atoms. The third-order valence-electron chi connectivity index (χ3n) is 3.41. The number of ether oxygens (including phenoxy) is 1. The maximum absolute atomic E-state index is 5.60. The van der Waals surface area contributed by atoms with E-state index in [1.807, 2.05) is 0 Å². The van der Waals surface area contributed by atoms with Crippen molar-refractivity contribution in [2.24, 2.45) is 5.73 Å². The molecule has 0 heterocycles. The Morgan fingerprint density at radius 1 is 1.42 bits per heavy atom. The molecule has 19 heavy (non-hydrogen) atoms. The third kappa shape index (κ3) is 4.79. The van der Waals surface area contributed by atoms with Crippen molar-refractivity contribution < 1.29 is 4.74 Å². The van der Waals surface area contributed by atoms with Crippen molar-refractivity contribution in [1.29, 1.82) is 0 Å². The normalized spacial score (nSPS) is 12.5. The van der Waals surface area contributed by atoms with Crippen LogP contribution in [0.25, 0.3) is 0 Å². The van der Waals surface area contributed by atoms with Crippen LogP contribution in [0.15, 0.2) is 22.7 Å². The number of methoxy groups -OCH3 is 1. The summed E-state index contributed by atoms with van der Waals surface area (Å²) in [5.41, 5.74) is 8.10. The minimum absolute atomic E-state index is 0.492. The van der Waals surface area contributed by atoms with E-state index in [-0.39, 0.29) is 0 Å². The van der Waals surface area contributed by atoms with Gasteiger partial charge in [-0.15, -0.1) is 0 Å². The van der Waals surface area contributed by atoms with Gasteiger partial charge in [0.1, 0.15) is 0 Å². The zero-order valence-electron chi connectivity index (χ0n) is 12.2. The van der Waals surface area contributed by atoms with Crippen molar-refractivity contribution in [3.63, 3.8) is 0 Å². The third-order valence-corrected chi connectivity index (χ3v) is 4.05. The molecule has 3 nitrogen and oxygen atoms in total. The van der Waals surface area contributed by atoms with Gasteiger partial charge in [-0.05, 0) is 59.9 Å². The van der Waals surface area contributed by atoms with Crippen LogP contribution in [0.5, 0.6) is 0 Å². The zero-order valence-corrected chi connectivity index (χ0v) is 13.7. The molecule has 0 amide bonds. The second-order valence-corrected chi connectivity index (χ2v) is 5.62. The Bertz CT molecular complexity index is 384. The van der Waals surface area contributed by atoms with Crippen LogP contribution in [0.1, 0.15) is 25.8 Å². The highest BCUT2D eigenvalue weighted by molar-refractivity contribution is 9.10. The van der Waals surface area contributed by atoms with E-state index in [0.717, 1.165) is 30.5 Å². The van der Waals surface area contributed by atoms with Crippen LogP contribution < -0.4 is 10.6 Å². The molecule has 0 aromatic heterocycles. The summed E-state index contributed by atoms with van der Waals surface area (Å²) in [7, 11) is 1.74. The Morgan fingerprint density at radius 2 is 2.16 bits per heavy atom. The Labute approximate surface area is 125 Å². The molecule has 0 aliphatic heterocycles. The molecule has 2 N–H and O–H groups in total. The molecule has 1 aromatic rings. The molecule has 0 saturated heterocycles. The summed E-state index contributed by atoms with van der Waals surface area (Å²) in [6, 6.07) is 7.00. The Morgan fingerprint density at radius 3 is 2.68 bits per heavy atom. The minimum Gasteiger partial charge on any atom is -0.383 e. The van der Waals surface area contributed by atoms with Gasteiger partial charge in [-0.25, -0.2) is 0 Å². The Hall–Kier alpha value is -0.580. The number of nitrogens with zero attached hydrogens (tertiary/aromatic N) is 1. The molecular weight excluding hydrogens is 304 g/mol. The number of halogens is 1. The minimum atomic E-state index is 0.492. The van der Waals surface area contributed by atoms with Gasteiger partial charge in [0.2, 0.25) is 0 Å². The summed E-state index contributed by atoms with van der Waals surface area (Å²) in [6.45, 7) is 6.78. The molecule has 1 aromatic carbocycles. The average Bonchev–Trinajstić information content (AvgIpc) is 2.41. The van der Waals surface area contributed by atoms with E-state index < -0.39 is 0 Å². The van der Waals surface area contributed by atoms with Crippen LogP contribution in [0.4, 0.5) is 5.69 Å². The number of benzene rings is 1. The van der Waals surface area contributed by atoms with Crippen LogP contribution in [0.2, 0.25) is 0 Å². The highest BCUT2D eigenvalue weighted by Crippen LogP contribution is 2.29. The SMILES string of the molecule is CCC(C)N(CCOC)c1ccc(CCN)cc1Br. The van der Waals surface area contributed by atoms with Gasteiger partial charge in [-0.1, -0.05) is 13.0 Å². The van der Waals surface area contributed by atoms with Crippen LogP contribution >= 0.6 is 15.9 Å². The average molecular weight is 329 g/mol. The summed E-state index contributed by atoms with van der Waals surface area (Å²) in [5, 5.41) is 0. The monoisotopic (exact) mass is 328 g/mol. The van der Waals surface area contributed by atoms with Gasteiger partial charge in [-0.2, -0.15) is 0 Å². The van der Waals surface area contributed by atoms with E-state index in [2.05, 4.69) is 52.9 Å². The van der Waals surface area contributed by atoms with Crippen LogP contribution in [0.3, 0.4) is 0 Å². The molecule has 1 unspecified atom stereocenters. The van der Waals surface area contributed by atoms with Gasteiger partial charge in [0.25, 0.3) is 0 Å². The second kappa shape index (κ2) is 8.56. The molecule has 0 radical (unpaired) electrons. The largest absolute Gasteiger partial charge is 0.383 e. The highest BCUT2D eigenvalue weighted by atomic mass is 79.9. The summed E-state index contributed by atoms with van der Waals surface area (Å²) in [5.74, 6) is 0. The number of hydrogen-bond donors (Lipinski definition) is 1. The first-order valence-electron chi connectivity index (χ1n) is 6.88. The summed E-state index contributed by atoms with van der Waals surface area (Å²) in [4.78, 5) is 2.39. The first kappa shape index (κ1) is 16.5. The zero-order chi connectivity index (χ0) is 14.3. The van der Waals surface area contributed by atoms with Crippen molar-refractivity contribution in [2.75, 3.05) is 31.7 Å². The fourth-order valence-electron chi connectivity index (χ4n) is 2.09. The smallest absolute Gasteiger partial charge is 0.0637 e. The number of anilines is 1. The maximum Gasteiger partial charge on any atom is 0.0637 e. The van der Waals surface area contributed by atoms with E-state index >= 15 is 0 Å². The van der Waals surface area contributed by atoms with E-state index in [1.165, 1.54) is 11.3 Å². The highest BCUT2D eigenvalue weighted by Gasteiger charge is 2.15. The predicted molar refractivity (Wildman–Crippen MR) is 85.9 cm³/mol. The van der Waals surface area contributed by atoms with Crippen LogP contribution in [0, 0.1) is 0 Å². The predicted octanol–water partition coefficient (Wildman–Crippen LogP) is 3.20. The summed E-state index contributed by atoms with van der Waals surface area (Å²) >= 11 is 3.68. The maximum atomic E-state index is 5.60. The summed E-state index contributed by atoms with van der Waals surface area (Å²) < 4.78 is 6.35. The fraction of sp³-hybridized carbons (Fsp3) is 0.600. The molecule has 1 rings (SSSR count). The molecule has 108 valence electrons. The first-order chi connectivity index (χ1) is 9.13. The lowest BCUT2D eigenvalue weighted by Crippen LogP contribution is -2.35. The molecule has 0 aliphatic rings.